The van der Waals surface area contributed by atoms with Gasteiger partial charge >= 0.3 is 0 Å². The predicted octanol–water partition coefficient (Wildman–Crippen LogP) is 1.43. The zero-order valence-corrected chi connectivity index (χ0v) is 12.9. The molecule has 0 fully saturated rings. The van der Waals surface area contributed by atoms with Crippen molar-refractivity contribution >= 4 is 21.7 Å². The lowest BCUT2D eigenvalue weighted by Gasteiger charge is -2.11. The van der Waals surface area contributed by atoms with Gasteiger partial charge in [-0.3, -0.25) is 0 Å². The quantitative estimate of drug-likeness (QED) is 0.827. The van der Waals surface area contributed by atoms with Crippen molar-refractivity contribution in [2.45, 2.75) is 32.1 Å². The summed E-state index contributed by atoms with van der Waals surface area (Å²) in [6, 6.07) is 4.80. The molecule has 0 spiro atoms. The van der Waals surface area contributed by atoms with Crippen LogP contribution in [0.5, 0.6) is 0 Å². The molecule has 2 rings (SSSR count). The smallest absolute Gasteiger partial charge is 0.264 e. The maximum atomic E-state index is 12.5. The van der Waals surface area contributed by atoms with Crippen molar-refractivity contribution < 1.29 is 8.42 Å². The molecule has 7 nitrogen and oxygen atoms in total. The van der Waals surface area contributed by atoms with Gasteiger partial charge in [0.05, 0.1) is 16.3 Å². The molecule has 0 amide bonds. The molecule has 0 unspecified atom stereocenters. The summed E-state index contributed by atoms with van der Waals surface area (Å²) in [4.78, 5) is 4.20. The highest BCUT2D eigenvalue weighted by molar-refractivity contribution is 7.92. The Labute approximate surface area is 123 Å². The van der Waals surface area contributed by atoms with E-state index < -0.39 is 10.0 Å². The fraction of sp³-hybridized carbons (Fsp3) is 0.308. The number of nitrogens with zero attached hydrogens (tertiary/aromatic N) is 3. The molecule has 1 heterocycles. The molecule has 1 aromatic heterocycles. The summed E-state index contributed by atoms with van der Waals surface area (Å²) < 4.78 is 27.2. The third-order valence-electron chi connectivity index (χ3n) is 3.08. The maximum absolute atomic E-state index is 12.5. The van der Waals surface area contributed by atoms with Crippen LogP contribution in [-0.2, 0) is 16.4 Å². The topological polar surface area (TPSA) is 111 Å². The second-order valence-corrected chi connectivity index (χ2v) is 6.28. The van der Waals surface area contributed by atoms with Crippen LogP contribution in [0.25, 0.3) is 0 Å². The third kappa shape index (κ3) is 3.27. The zero-order valence-electron chi connectivity index (χ0n) is 12.1. The van der Waals surface area contributed by atoms with E-state index in [-0.39, 0.29) is 10.8 Å². The van der Waals surface area contributed by atoms with Crippen molar-refractivity contribution in [3.8, 4) is 0 Å². The second kappa shape index (κ2) is 5.65. The summed E-state index contributed by atoms with van der Waals surface area (Å²) in [7, 11) is -3.80. The van der Waals surface area contributed by atoms with Gasteiger partial charge in [0, 0.05) is 5.69 Å². The SMILES string of the molecule is CCc1ccc(N)cc1S(=O)(=O)Nc1nnc(C)c(C)n1. The van der Waals surface area contributed by atoms with Crippen LogP contribution in [0, 0.1) is 13.8 Å². The molecule has 0 aliphatic heterocycles. The standard InChI is InChI=1S/C13H17N5O2S/c1-4-10-5-6-11(14)7-12(10)21(19,20)18-13-15-8(2)9(3)16-17-13/h5-7H,4,14H2,1-3H3,(H,15,17,18). The molecule has 2 aromatic rings. The number of aromatic nitrogens is 3. The lowest BCUT2D eigenvalue weighted by molar-refractivity contribution is 0.599. The summed E-state index contributed by atoms with van der Waals surface area (Å²) >= 11 is 0. The number of aryl methyl sites for hydroxylation is 3. The molecule has 0 saturated carbocycles. The normalized spacial score (nSPS) is 11.4. The molecule has 1 aromatic carbocycles. The molecule has 21 heavy (non-hydrogen) atoms. The minimum absolute atomic E-state index is 0.0532. The summed E-state index contributed by atoms with van der Waals surface area (Å²) in [6.45, 7) is 5.36. The Balaban J connectivity index is 2.42. The van der Waals surface area contributed by atoms with Gasteiger partial charge in [-0.05, 0) is 38.0 Å². The molecule has 0 saturated heterocycles. The van der Waals surface area contributed by atoms with Crippen molar-refractivity contribution in [2.24, 2.45) is 0 Å². The number of sulfonamides is 1. The highest BCUT2D eigenvalue weighted by atomic mass is 32.2. The van der Waals surface area contributed by atoms with E-state index in [0.717, 1.165) is 0 Å². The lowest BCUT2D eigenvalue weighted by atomic mass is 10.1. The van der Waals surface area contributed by atoms with Gasteiger partial charge in [0.15, 0.2) is 0 Å². The van der Waals surface area contributed by atoms with Crippen LogP contribution in [0.4, 0.5) is 11.6 Å². The first-order valence-electron chi connectivity index (χ1n) is 6.42. The van der Waals surface area contributed by atoms with Gasteiger partial charge in [-0.1, -0.05) is 13.0 Å². The molecule has 0 aliphatic rings. The minimum Gasteiger partial charge on any atom is -0.399 e. The Kier molecular flexibility index (Phi) is 4.08. The van der Waals surface area contributed by atoms with Crippen LogP contribution in [0.2, 0.25) is 0 Å². The van der Waals surface area contributed by atoms with Crippen molar-refractivity contribution in [1.29, 1.82) is 0 Å². The Morgan fingerprint density at radius 1 is 1.19 bits per heavy atom. The molecule has 0 radical (unpaired) electrons. The van der Waals surface area contributed by atoms with Gasteiger partial charge < -0.3 is 5.73 Å². The van der Waals surface area contributed by atoms with E-state index in [1.807, 2.05) is 6.92 Å². The Morgan fingerprint density at radius 2 is 1.90 bits per heavy atom. The molecule has 3 N–H and O–H groups in total. The van der Waals surface area contributed by atoms with Crippen LogP contribution in [-0.4, -0.2) is 23.6 Å². The van der Waals surface area contributed by atoms with Crippen LogP contribution in [0.3, 0.4) is 0 Å². The number of rotatable bonds is 4. The van der Waals surface area contributed by atoms with Gasteiger partial charge in [0.2, 0.25) is 0 Å². The van der Waals surface area contributed by atoms with Gasteiger partial charge in [-0.15, -0.1) is 5.10 Å². The van der Waals surface area contributed by atoms with Crippen molar-refractivity contribution in [3.63, 3.8) is 0 Å². The fourth-order valence-corrected chi connectivity index (χ4v) is 3.07. The minimum atomic E-state index is -3.80. The second-order valence-electron chi connectivity index (χ2n) is 4.63. The molecule has 0 atom stereocenters. The van der Waals surface area contributed by atoms with E-state index in [0.29, 0.717) is 29.1 Å². The van der Waals surface area contributed by atoms with E-state index >= 15 is 0 Å². The highest BCUT2D eigenvalue weighted by Crippen LogP contribution is 2.21. The number of hydrogen-bond acceptors (Lipinski definition) is 6. The first kappa shape index (κ1) is 15.2. The van der Waals surface area contributed by atoms with Crippen molar-refractivity contribution in [1.82, 2.24) is 15.2 Å². The summed E-state index contributed by atoms with van der Waals surface area (Å²) in [6.07, 6.45) is 0.572. The number of benzene rings is 1. The van der Waals surface area contributed by atoms with Crippen molar-refractivity contribution in [2.75, 3.05) is 10.5 Å². The summed E-state index contributed by atoms with van der Waals surface area (Å²) in [5, 5.41) is 7.60. The molecule has 0 bridgehead atoms. The average molecular weight is 307 g/mol. The lowest BCUT2D eigenvalue weighted by Crippen LogP contribution is -2.18. The monoisotopic (exact) mass is 307 g/mol. The van der Waals surface area contributed by atoms with Crippen LogP contribution >= 0.6 is 0 Å². The van der Waals surface area contributed by atoms with Crippen LogP contribution in [0.1, 0.15) is 23.9 Å². The maximum Gasteiger partial charge on any atom is 0.264 e. The van der Waals surface area contributed by atoms with E-state index in [2.05, 4.69) is 19.9 Å². The first-order valence-corrected chi connectivity index (χ1v) is 7.91. The summed E-state index contributed by atoms with van der Waals surface area (Å²) in [5.74, 6) is -0.0532. The largest absolute Gasteiger partial charge is 0.399 e. The number of hydrogen-bond donors (Lipinski definition) is 2. The third-order valence-corrected chi connectivity index (χ3v) is 4.49. The van der Waals surface area contributed by atoms with Gasteiger partial charge in [-0.25, -0.2) is 18.1 Å². The highest BCUT2D eigenvalue weighted by Gasteiger charge is 2.20. The number of anilines is 2. The molecule has 112 valence electrons. The van der Waals surface area contributed by atoms with Gasteiger partial charge in [-0.2, -0.15) is 5.10 Å². The molecular weight excluding hydrogens is 290 g/mol. The zero-order chi connectivity index (χ0) is 15.6. The number of nitrogens with one attached hydrogen (secondary N) is 1. The summed E-state index contributed by atoms with van der Waals surface area (Å²) in [5.41, 5.74) is 8.00. The Hall–Kier alpha value is -2.22. The molecule has 0 aliphatic carbocycles. The van der Waals surface area contributed by atoms with E-state index in [4.69, 9.17) is 5.73 Å². The molecular formula is C13H17N5O2S. The predicted molar refractivity (Wildman–Crippen MR) is 80.3 cm³/mol. The van der Waals surface area contributed by atoms with Crippen molar-refractivity contribution in [3.05, 3.63) is 35.2 Å². The first-order chi connectivity index (χ1) is 9.83. The fourth-order valence-electron chi connectivity index (χ4n) is 1.79. The molecule has 8 heteroatoms. The van der Waals surface area contributed by atoms with Gasteiger partial charge in [0.1, 0.15) is 0 Å². The number of nitrogen functional groups attached to an aromatic ring is 1. The van der Waals surface area contributed by atoms with E-state index in [1.165, 1.54) is 6.07 Å². The van der Waals surface area contributed by atoms with Gasteiger partial charge in [0.25, 0.3) is 16.0 Å². The Bertz CT molecular complexity index is 774. The number of nitrogens with two attached hydrogens (primary N) is 1. The van der Waals surface area contributed by atoms with E-state index in [9.17, 15) is 8.42 Å². The Morgan fingerprint density at radius 3 is 2.52 bits per heavy atom. The van der Waals surface area contributed by atoms with Crippen LogP contribution < -0.4 is 10.5 Å². The van der Waals surface area contributed by atoms with E-state index in [1.54, 1.807) is 26.0 Å². The average Bonchev–Trinajstić information content (AvgIpc) is 2.42. The van der Waals surface area contributed by atoms with Crippen LogP contribution in [0.15, 0.2) is 23.1 Å².